The maximum atomic E-state index is 5.90. The topological polar surface area (TPSA) is 85.6 Å². The summed E-state index contributed by atoms with van der Waals surface area (Å²) < 4.78 is 13.8. The van der Waals surface area contributed by atoms with E-state index in [2.05, 4.69) is 51.8 Å². The Bertz CT molecular complexity index is 823. The number of hydrogen-bond acceptors (Lipinski definition) is 5. The average Bonchev–Trinajstić information content (AvgIpc) is 3.29. The quantitative estimate of drug-likeness (QED) is 0.320. The van der Waals surface area contributed by atoms with Crippen LogP contribution in [-0.4, -0.2) is 47.0 Å². The third-order valence-corrected chi connectivity index (χ3v) is 4.71. The highest BCUT2D eigenvalue weighted by molar-refractivity contribution is 14.0. The highest BCUT2D eigenvalue weighted by atomic mass is 127. The van der Waals surface area contributed by atoms with E-state index < -0.39 is 0 Å². The molecule has 2 heterocycles. The molecular weight excluding hydrogens is 483 g/mol. The molecule has 2 N–H and O–H groups in total. The maximum absolute atomic E-state index is 5.90. The molecule has 9 heteroatoms. The molecule has 1 aromatic heterocycles. The van der Waals surface area contributed by atoms with Crippen LogP contribution in [0.15, 0.2) is 23.5 Å². The molecule has 0 fully saturated rings. The molecule has 1 unspecified atom stereocenters. The zero-order valence-electron chi connectivity index (χ0n) is 17.6. The van der Waals surface area contributed by atoms with Gasteiger partial charge in [0.15, 0.2) is 5.96 Å². The van der Waals surface area contributed by atoms with Crippen LogP contribution in [0.4, 0.5) is 0 Å². The molecule has 2 aromatic rings. The number of fused-ring (bicyclic) bond motifs is 1. The Balaban J connectivity index is 0.00000300. The van der Waals surface area contributed by atoms with Crippen LogP contribution in [0.25, 0.3) is 0 Å². The van der Waals surface area contributed by atoms with Crippen molar-refractivity contribution in [1.82, 2.24) is 25.4 Å². The summed E-state index contributed by atoms with van der Waals surface area (Å²) in [4.78, 5) is 4.31. The first-order valence-electron chi connectivity index (χ1n) is 9.91. The van der Waals surface area contributed by atoms with E-state index in [1.54, 1.807) is 13.4 Å². The molecule has 29 heavy (non-hydrogen) atoms. The monoisotopic (exact) mass is 514 g/mol. The molecule has 1 aromatic carbocycles. The highest BCUT2D eigenvalue weighted by Crippen LogP contribution is 2.35. The van der Waals surface area contributed by atoms with Crippen molar-refractivity contribution in [3.8, 4) is 11.5 Å². The van der Waals surface area contributed by atoms with Gasteiger partial charge in [0, 0.05) is 50.7 Å². The fourth-order valence-corrected chi connectivity index (χ4v) is 3.34. The molecule has 0 spiro atoms. The van der Waals surface area contributed by atoms with Gasteiger partial charge in [-0.15, -0.1) is 34.2 Å². The molecule has 1 aliphatic rings. The van der Waals surface area contributed by atoms with E-state index in [-0.39, 0.29) is 30.1 Å². The molecule has 1 aliphatic heterocycles. The minimum absolute atomic E-state index is 0. The Morgan fingerprint density at radius 2 is 2.17 bits per heavy atom. The number of ether oxygens (including phenoxy) is 2. The fourth-order valence-electron chi connectivity index (χ4n) is 3.34. The van der Waals surface area contributed by atoms with Crippen molar-refractivity contribution in [1.29, 1.82) is 0 Å². The molecule has 0 saturated carbocycles. The number of nitrogens with zero attached hydrogens (tertiary/aromatic N) is 4. The van der Waals surface area contributed by atoms with Gasteiger partial charge in [0.25, 0.3) is 0 Å². The normalized spacial score (nSPS) is 15.3. The lowest BCUT2D eigenvalue weighted by Gasteiger charge is -2.16. The molecule has 160 valence electrons. The zero-order valence-corrected chi connectivity index (χ0v) is 19.9. The van der Waals surface area contributed by atoms with Crippen molar-refractivity contribution in [3.63, 3.8) is 0 Å². The Labute approximate surface area is 189 Å². The SMILES string of the molecule is CCOc1cc2c(cc1CNC(=NC)NCCn1cnnc1CC)OC(C)C2.I. The molecular formula is C20H31IN6O2. The molecule has 0 amide bonds. The van der Waals surface area contributed by atoms with Crippen molar-refractivity contribution < 1.29 is 9.47 Å². The Hall–Kier alpha value is -2.04. The second-order valence-electron chi connectivity index (χ2n) is 6.78. The van der Waals surface area contributed by atoms with Crippen LogP contribution in [0.3, 0.4) is 0 Å². The Kier molecular flexibility index (Phi) is 8.99. The lowest BCUT2D eigenvalue weighted by Crippen LogP contribution is -2.38. The molecule has 8 nitrogen and oxygen atoms in total. The van der Waals surface area contributed by atoms with E-state index in [1.807, 2.05) is 11.5 Å². The summed E-state index contributed by atoms with van der Waals surface area (Å²) in [5.74, 6) is 3.58. The number of halogens is 1. The van der Waals surface area contributed by atoms with Crippen LogP contribution < -0.4 is 20.1 Å². The van der Waals surface area contributed by atoms with Crippen molar-refractivity contribution in [3.05, 3.63) is 35.4 Å². The van der Waals surface area contributed by atoms with Crippen LogP contribution in [0, 0.1) is 0 Å². The first-order chi connectivity index (χ1) is 13.6. The van der Waals surface area contributed by atoms with Gasteiger partial charge in [0.2, 0.25) is 0 Å². The van der Waals surface area contributed by atoms with E-state index in [0.717, 1.165) is 54.8 Å². The van der Waals surface area contributed by atoms with Gasteiger partial charge in [-0.2, -0.15) is 0 Å². The number of hydrogen-bond donors (Lipinski definition) is 2. The van der Waals surface area contributed by atoms with E-state index in [1.165, 1.54) is 5.56 Å². The Morgan fingerprint density at radius 1 is 1.34 bits per heavy atom. The second-order valence-corrected chi connectivity index (χ2v) is 6.78. The molecule has 0 saturated heterocycles. The number of guanidine groups is 1. The van der Waals surface area contributed by atoms with Crippen LogP contribution in [0.1, 0.15) is 37.7 Å². The molecule has 0 radical (unpaired) electrons. The van der Waals surface area contributed by atoms with Gasteiger partial charge in [-0.25, -0.2) is 0 Å². The average molecular weight is 514 g/mol. The van der Waals surface area contributed by atoms with E-state index in [4.69, 9.17) is 9.47 Å². The summed E-state index contributed by atoms with van der Waals surface area (Å²) in [5.41, 5.74) is 2.27. The van der Waals surface area contributed by atoms with Crippen LogP contribution in [0.2, 0.25) is 0 Å². The van der Waals surface area contributed by atoms with Gasteiger partial charge in [-0.05, 0) is 26.0 Å². The van der Waals surface area contributed by atoms with Crippen molar-refractivity contribution in [2.75, 3.05) is 20.2 Å². The molecule has 3 rings (SSSR count). The van der Waals surface area contributed by atoms with Gasteiger partial charge >= 0.3 is 0 Å². The summed E-state index contributed by atoms with van der Waals surface area (Å²) in [6.45, 7) is 8.91. The largest absolute Gasteiger partial charge is 0.494 e. The summed E-state index contributed by atoms with van der Waals surface area (Å²) in [5, 5.41) is 14.8. The van der Waals surface area contributed by atoms with Crippen LogP contribution >= 0.6 is 24.0 Å². The van der Waals surface area contributed by atoms with Crippen LogP contribution in [-0.2, 0) is 25.9 Å². The minimum atomic E-state index is 0. The fraction of sp³-hybridized carbons (Fsp3) is 0.550. The zero-order chi connectivity index (χ0) is 19.9. The second kappa shape index (κ2) is 11.2. The van der Waals surface area contributed by atoms with E-state index in [9.17, 15) is 0 Å². The third kappa shape index (κ3) is 5.97. The molecule has 0 bridgehead atoms. The number of aromatic nitrogens is 3. The van der Waals surface area contributed by atoms with Crippen molar-refractivity contribution in [2.45, 2.75) is 52.8 Å². The predicted molar refractivity (Wildman–Crippen MR) is 124 cm³/mol. The predicted octanol–water partition coefficient (Wildman–Crippen LogP) is 2.55. The molecule has 0 aliphatic carbocycles. The van der Waals surface area contributed by atoms with Gasteiger partial charge in [-0.1, -0.05) is 6.92 Å². The summed E-state index contributed by atoms with van der Waals surface area (Å²) in [6.07, 6.45) is 3.77. The number of rotatable bonds is 8. The summed E-state index contributed by atoms with van der Waals surface area (Å²) in [7, 11) is 1.77. The van der Waals surface area contributed by atoms with E-state index in [0.29, 0.717) is 13.2 Å². The minimum Gasteiger partial charge on any atom is -0.494 e. The van der Waals surface area contributed by atoms with Crippen LogP contribution in [0.5, 0.6) is 11.5 Å². The van der Waals surface area contributed by atoms with Gasteiger partial charge < -0.3 is 24.7 Å². The first kappa shape index (κ1) is 23.2. The van der Waals surface area contributed by atoms with Gasteiger partial charge in [0.1, 0.15) is 29.8 Å². The lowest BCUT2D eigenvalue weighted by molar-refractivity contribution is 0.254. The Morgan fingerprint density at radius 3 is 2.90 bits per heavy atom. The lowest BCUT2D eigenvalue weighted by atomic mass is 10.1. The number of benzene rings is 1. The highest BCUT2D eigenvalue weighted by Gasteiger charge is 2.21. The first-order valence-corrected chi connectivity index (χ1v) is 9.91. The molecule has 1 atom stereocenters. The van der Waals surface area contributed by atoms with Crippen molar-refractivity contribution >= 4 is 29.9 Å². The third-order valence-electron chi connectivity index (χ3n) is 4.71. The number of aliphatic imine (C=N–C) groups is 1. The summed E-state index contributed by atoms with van der Waals surface area (Å²) in [6, 6.07) is 4.18. The van der Waals surface area contributed by atoms with Gasteiger partial charge in [0.05, 0.1) is 6.61 Å². The number of nitrogens with one attached hydrogen (secondary N) is 2. The smallest absolute Gasteiger partial charge is 0.191 e. The standard InChI is InChI=1S/C20H30N6O2.HI/c1-5-19-25-24-13-26(19)8-7-22-20(21-4)23-12-16-11-18-15(9-14(3)28-18)10-17(16)27-6-2;/h10-11,13-14H,5-9,12H2,1-4H3,(H2,21,22,23);1H. The van der Waals surface area contributed by atoms with E-state index >= 15 is 0 Å². The maximum Gasteiger partial charge on any atom is 0.191 e. The summed E-state index contributed by atoms with van der Waals surface area (Å²) >= 11 is 0. The number of aryl methyl sites for hydroxylation is 1. The van der Waals surface area contributed by atoms with Gasteiger partial charge in [-0.3, -0.25) is 4.99 Å². The van der Waals surface area contributed by atoms with Crippen molar-refractivity contribution in [2.24, 2.45) is 4.99 Å².